The first-order chi connectivity index (χ1) is 16.4. The maximum atomic E-state index is 12.5. The molecule has 0 aliphatic heterocycles. The van der Waals surface area contributed by atoms with Gasteiger partial charge in [-0.25, -0.2) is 0 Å². The van der Waals surface area contributed by atoms with Crippen LogP contribution in [0, 0.1) is 18.3 Å². The largest absolute Gasteiger partial charge is 0.490 e. The number of benzene rings is 2. The molecule has 2 aromatic rings. The number of nitrogens with one attached hydrogen (secondary N) is 2. The third kappa shape index (κ3) is 7.00. The Morgan fingerprint density at radius 3 is 2.53 bits per heavy atom. The van der Waals surface area contributed by atoms with Crippen molar-refractivity contribution in [1.29, 1.82) is 5.26 Å². The van der Waals surface area contributed by atoms with Crippen LogP contribution in [0.4, 0.5) is 5.69 Å². The summed E-state index contributed by atoms with van der Waals surface area (Å²) >= 11 is 6.43. The highest BCUT2D eigenvalue weighted by atomic mass is 35.5. The lowest BCUT2D eigenvalue weighted by atomic mass is 10.1. The smallest absolute Gasteiger partial charge is 0.262 e. The fourth-order valence-corrected chi connectivity index (χ4v) is 3.97. The molecule has 0 aromatic heterocycles. The topological polar surface area (TPSA) is 100 Å². The van der Waals surface area contributed by atoms with Gasteiger partial charge in [0.05, 0.1) is 11.6 Å². The van der Waals surface area contributed by atoms with Crippen molar-refractivity contribution >= 4 is 35.2 Å². The van der Waals surface area contributed by atoms with Crippen LogP contribution in [0.5, 0.6) is 11.5 Å². The summed E-state index contributed by atoms with van der Waals surface area (Å²) in [5.41, 5.74) is 2.25. The van der Waals surface area contributed by atoms with Crippen molar-refractivity contribution in [3.8, 4) is 17.6 Å². The van der Waals surface area contributed by atoms with Crippen molar-refractivity contribution in [2.75, 3.05) is 18.5 Å². The van der Waals surface area contributed by atoms with E-state index in [-0.39, 0.29) is 34.9 Å². The van der Waals surface area contributed by atoms with Crippen molar-refractivity contribution in [2.45, 2.75) is 45.6 Å². The summed E-state index contributed by atoms with van der Waals surface area (Å²) in [5.74, 6) is -0.218. The summed E-state index contributed by atoms with van der Waals surface area (Å²) in [6.07, 6.45) is 5.47. The first kappa shape index (κ1) is 25.1. The van der Waals surface area contributed by atoms with Crippen LogP contribution in [0.3, 0.4) is 0 Å². The van der Waals surface area contributed by atoms with Gasteiger partial charge in [0.1, 0.15) is 11.6 Å². The Kier molecular flexibility index (Phi) is 8.94. The predicted molar refractivity (Wildman–Crippen MR) is 132 cm³/mol. The molecule has 8 heteroatoms. The van der Waals surface area contributed by atoms with Gasteiger partial charge in [-0.3, -0.25) is 9.59 Å². The van der Waals surface area contributed by atoms with E-state index in [0.717, 1.165) is 31.2 Å². The van der Waals surface area contributed by atoms with E-state index in [4.69, 9.17) is 21.1 Å². The van der Waals surface area contributed by atoms with E-state index in [9.17, 15) is 14.9 Å². The number of hydrogen-bond acceptors (Lipinski definition) is 5. The Hall–Kier alpha value is -3.50. The van der Waals surface area contributed by atoms with Crippen LogP contribution in [-0.4, -0.2) is 31.1 Å². The van der Waals surface area contributed by atoms with Crippen molar-refractivity contribution in [1.82, 2.24) is 5.32 Å². The van der Waals surface area contributed by atoms with Crippen LogP contribution in [0.25, 0.3) is 6.08 Å². The summed E-state index contributed by atoms with van der Waals surface area (Å²) in [6, 6.07) is 12.7. The lowest BCUT2D eigenvalue weighted by Crippen LogP contribution is -2.33. The summed E-state index contributed by atoms with van der Waals surface area (Å²) in [4.78, 5) is 24.8. The van der Waals surface area contributed by atoms with Gasteiger partial charge in [0.15, 0.2) is 18.1 Å². The second-order valence-corrected chi connectivity index (χ2v) is 8.50. The van der Waals surface area contributed by atoms with Crippen LogP contribution < -0.4 is 20.1 Å². The quantitative estimate of drug-likeness (QED) is 0.386. The molecule has 1 fully saturated rings. The molecular formula is C26H28ClN3O4. The molecule has 0 radical (unpaired) electrons. The number of hydrogen-bond donors (Lipinski definition) is 2. The maximum absolute atomic E-state index is 12.5. The number of rotatable bonds is 9. The zero-order chi connectivity index (χ0) is 24.5. The van der Waals surface area contributed by atoms with Gasteiger partial charge in [0.2, 0.25) is 0 Å². The molecule has 34 heavy (non-hydrogen) atoms. The van der Waals surface area contributed by atoms with Gasteiger partial charge in [0.25, 0.3) is 11.8 Å². The molecule has 0 unspecified atom stereocenters. The molecule has 2 aromatic carbocycles. The first-order valence-corrected chi connectivity index (χ1v) is 11.7. The molecule has 2 amide bonds. The minimum Gasteiger partial charge on any atom is -0.490 e. The van der Waals surface area contributed by atoms with E-state index in [0.29, 0.717) is 23.6 Å². The normalized spacial score (nSPS) is 13.8. The van der Waals surface area contributed by atoms with E-state index in [1.165, 1.54) is 6.08 Å². The minimum absolute atomic E-state index is 0.0171. The van der Waals surface area contributed by atoms with E-state index >= 15 is 0 Å². The van der Waals surface area contributed by atoms with E-state index < -0.39 is 5.91 Å². The Bertz CT molecular complexity index is 1100. The third-order valence-electron chi connectivity index (χ3n) is 5.38. The van der Waals surface area contributed by atoms with Gasteiger partial charge < -0.3 is 20.1 Å². The Morgan fingerprint density at radius 2 is 1.88 bits per heavy atom. The van der Waals surface area contributed by atoms with E-state index in [2.05, 4.69) is 10.6 Å². The summed E-state index contributed by atoms with van der Waals surface area (Å²) < 4.78 is 11.3. The molecule has 7 nitrogen and oxygen atoms in total. The van der Waals surface area contributed by atoms with Crippen LogP contribution in [0.2, 0.25) is 5.02 Å². The molecule has 0 spiro atoms. The molecule has 3 rings (SSSR count). The van der Waals surface area contributed by atoms with Crippen molar-refractivity contribution in [3.63, 3.8) is 0 Å². The molecule has 2 N–H and O–H groups in total. The predicted octanol–water partition coefficient (Wildman–Crippen LogP) is 5.03. The maximum Gasteiger partial charge on any atom is 0.262 e. The number of halogens is 1. The Balaban J connectivity index is 1.73. The SMILES string of the molecule is CCOc1cc(/C=C(/C#N)C(=O)NC2CCCC2)cc(Cl)c1OCC(=O)Nc1ccc(C)cc1. The zero-order valence-corrected chi connectivity index (χ0v) is 20.1. The number of amides is 2. The molecule has 0 saturated heterocycles. The molecule has 1 aliphatic carbocycles. The molecule has 1 aliphatic rings. The number of carbonyl (C=O) groups excluding carboxylic acids is 2. The van der Waals surface area contributed by atoms with E-state index in [1.54, 1.807) is 19.1 Å². The summed E-state index contributed by atoms with van der Waals surface area (Å²) in [5, 5.41) is 15.4. The van der Waals surface area contributed by atoms with Gasteiger partial charge in [-0.05, 0) is 62.6 Å². The van der Waals surface area contributed by atoms with Gasteiger partial charge >= 0.3 is 0 Å². The number of nitriles is 1. The number of anilines is 1. The summed E-state index contributed by atoms with van der Waals surface area (Å²) in [7, 11) is 0. The van der Waals surface area contributed by atoms with Crippen LogP contribution in [0.15, 0.2) is 42.0 Å². The second-order valence-electron chi connectivity index (χ2n) is 8.09. The molecule has 0 bridgehead atoms. The average Bonchev–Trinajstić information content (AvgIpc) is 3.31. The molecule has 0 heterocycles. The second kappa shape index (κ2) is 12.1. The fraction of sp³-hybridized carbons (Fsp3) is 0.346. The molecule has 178 valence electrons. The fourth-order valence-electron chi connectivity index (χ4n) is 3.69. The Labute approximate surface area is 204 Å². The third-order valence-corrected chi connectivity index (χ3v) is 5.66. The van der Waals surface area contributed by atoms with E-state index in [1.807, 2.05) is 37.3 Å². The number of carbonyl (C=O) groups is 2. The standard InChI is InChI=1S/C26H28ClN3O4/c1-3-33-23-14-18(12-19(15-28)26(32)30-20-6-4-5-7-20)13-22(27)25(23)34-16-24(31)29-21-10-8-17(2)9-11-21/h8-14,20H,3-7,16H2,1-2H3,(H,29,31)(H,30,32)/b19-12-. The average molecular weight is 482 g/mol. The van der Waals surface area contributed by atoms with Crippen LogP contribution in [0.1, 0.15) is 43.7 Å². The van der Waals surface area contributed by atoms with Crippen LogP contribution >= 0.6 is 11.6 Å². The summed E-state index contributed by atoms with van der Waals surface area (Å²) in [6.45, 7) is 3.84. The monoisotopic (exact) mass is 481 g/mol. The first-order valence-electron chi connectivity index (χ1n) is 11.3. The van der Waals surface area contributed by atoms with Gasteiger partial charge in [-0.2, -0.15) is 5.26 Å². The minimum atomic E-state index is -0.406. The van der Waals surface area contributed by atoms with Gasteiger partial charge in [-0.15, -0.1) is 0 Å². The number of nitrogens with zero attached hydrogens (tertiary/aromatic N) is 1. The highest BCUT2D eigenvalue weighted by Gasteiger charge is 2.20. The van der Waals surface area contributed by atoms with Gasteiger partial charge in [0, 0.05) is 11.7 Å². The van der Waals surface area contributed by atoms with Crippen LogP contribution in [-0.2, 0) is 9.59 Å². The molecule has 0 atom stereocenters. The number of ether oxygens (including phenoxy) is 2. The highest BCUT2D eigenvalue weighted by Crippen LogP contribution is 2.37. The number of aryl methyl sites for hydroxylation is 1. The van der Waals surface area contributed by atoms with Gasteiger partial charge in [-0.1, -0.05) is 42.1 Å². The molecular weight excluding hydrogens is 454 g/mol. The lowest BCUT2D eigenvalue weighted by Gasteiger charge is -2.15. The lowest BCUT2D eigenvalue weighted by molar-refractivity contribution is -0.118. The zero-order valence-electron chi connectivity index (χ0n) is 19.3. The van der Waals surface area contributed by atoms with Crippen molar-refractivity contribution in [3.05, 3.63) is 58.1 Å². The van der Waals surface area contributed by atoms with Crippen molar-refractivity contribution in [2.24, 2.45) is 0 Å². The van der Waals surface area contributed by atoms with Crippen molar-refractivity contribution < 1.29 is 19.1 Å². The highest BCUT2D eigenvalue weighted by molar-refractivity contribution is 6.32. The molecule has 1 saturated carbocycles. The Morgan fingerprint density at radius 1 is 1.18 bits per heavy atom.